The largest absolute Gasteiger partial charge is 0.481 e. The van der Waals surface area contributed by atoms with E-state index in [0.29, 0.717) is 0 Å². The molecule has 4 nitrogen and oxygen atoms in total. The van der Waals surface area contributed by atoms with E-state index >= 15 is 0 Å². The number of aryl methyl sites for hydroxylation is 1. The molecule has 1 heterocycles. The van der Waals surface area contributed by atoms with Crippen LogP contribution < -0.4 is 5.43 Å². The molecular formula is C13H10F3NO3. The molecule has 0 bridgehead atoms. The number of alkyl halides is 3. The number of benzene rings is 1. The molecule has 0 saturated heterocycles. The van der Waals surface area contributed by atoms with Crippen molar-refractivity contribution in [3.8, 4) is 0 Å². The van der Waals surface area contributed by atoms with Crippen LogP contribution in [0.3, 0.4) is 0 Å². The average Bonchev–Trinajstić information content (AvgIpc) is 2.36. The summed E-state index contributed by atoms with van der Waals surface area (Å²) in [7, 11) is 0. The molecule has 0 unspecified atom stereocenters. The van der Waals surface area contributed by atoms with Crippen molar-refractivity contribution in [2.45, 2.75) is 19.1 Å². The highest BCUT2D eigenvalue weighted by atomic mass is 19.4. The summed E-state index contributed by atoms with van der Waals surface area (Å²) in [4.78, 5) is 22.2. The summed E-state index contributed by atoms with van der Waals surface area (Å²) in [6, 6.07) is 3.97. The minimum Gasteiger partial charge on any atom is -0.481 e. The maximum atomic E-state index is 12.6. The third-order valence-electron chi connectivity index (χ3n) is 2.87. The molecule has 0 saturated carbocycles. The van der Waals surface area contributed by atoms with Crippen molar-refractivity contribution in [2.75, 3.05) is 0 Å². The van der Waals surface area contributed by atoms with Gasteiger partial charge in [0, 0.05) is 24.2 Å². The van der Waals surface area contributed by atoms with E-state index in [2.05, 4.69) is 0 Å². The summed E-state index contributed by atoms with van der Waals surface area (Å²) >= 11 is 0. The van der Waals surface area contributed by atoms with Crippen molar-refractivity contribution in [2.24, 2.45) is 0 Å². The molecule has 1 aromatic heterocycles. The van der Waals surface area contributed by atoms with Gasteiger partial charge in [0.15, 0.2) is 5.43 Å². The Morgan fingerprint density at radius 2 is 1.95 bits per heavy atom. The van der Waals surface area contributed by atoms with E-state index in [1.807, 2.05) is 0 Å². The quantitative estimate of drug-likeness (QED) is 0.942. The van der Waals surface area contributed by atoms with Gasteiger partial charge in [-0.05, 0) is 18.2 Å². The molecule has 1 aromatic carbocycles. The molecule has 0 aliphatic heterocycles. The summed E-state index contributed by atoms with van der Waals surface area (Å²) in [5, 5.41) is 8.55. The van der Waals surface area contributed by atoms with E-state index < -0.39 is 23.1 Å². The molecule has 0 aliphatic carbocycles. The molecule has 0 atom stereocenters. The number of aliphatic carboxylic acids is 1. The molecule has 0 aliphatic rings. The van der Waals surface area contributed by atoms with Crippen LogP contribution in [0.25, 0.3) is 10.9 Å². The van der Waals surface area contributed by atoms with Crippen LogP contribution in [-0.2, 0) is 17.5 Å². The lowest BCUT2D eigenvalue weighted by Crippen LogP contribution is -2.12. The molecule has 20 heavy (non-hydrogen) atoms. The van der Waals surface area contributed by atoms with Crippen LogP contribution in [0, 0.1) is 0 Å². The van der Waals surface area contributed by atoms with Gasteiger partial charge in [-0.15, -0.1) is 0 Å². The van der Waals surface area contributed by atoms with Gasteiger partial charge in [0.2, 0.25) is 0 Å². The minimum absolute atomic E-state index is 0.0762. The van der Waals surface area contributed by atoms with Gasteiger partial charge in [-0.25, -0.2) is 0 Å². The first kappa shape index (κ1) is 14.1. The number of carboxylic acid groups (broad SMARTS) is 1. The van der Waals surface area contributed by atoms with Gasteiger partial charge in [0.1, 0.15) is 0 Å². The van der Waals surface area contributed by atoms with E-state index in [0.717, 1.165) is 18.2 Å². The highest BCUT2D eigenvalue weighted by Crippen LogP contribution is 2.30. The number of halogens is 3. The van der Waals surface area contributed by atoms with Crippen molar-refractivity contribution in [1.29, 1.82) is 0 Å². The summed E-state index contributed by atoms with van der Waals surface area (Å²) in [6.45, 7) is 0.0808. The average molecular weight is 285 g/mol. The topological polar surface area (TPSA) is 59.3 Å². The molecule has 0 radical (unpaired) electrons. The van der Waals surface area contributed by atoms with E-state index in [1.54, 1.807) is 0 Å². The molecular weight excluding hydrogens is 275 g/mol. The molecule has 1 N–H and O–H groups in total. The second-order valence-electron chi connectivity index (χ2n) is 4.25. The Morgan fingerprint density at radius 3 is 2.55 bits per heavy atom. The van der Waals surface area contributed by atoms with Crippen molar-refractivity contribution in [3.05, 3.63) is 46.2 Å². The number of rotatable bonds is 3. The number of nitrogens with zero attached hydrogens (tertiary/aromatic N) is 1. The molecule has 106 valence electrons. The van der Waals surface area contributed by atoms with Gasteiger partial charge < -0.3 is 9.67 Å². The van der Waals surface area contributed by atoms with Crippen LogP contribution in [0.2, 0.25) is 0 Å². The molecule has 0 fully saturated rings. The van der Waals surface area contributed by atoms with Crippen molar-refractivity contribution in [3.63, 3.8) is 0 Å². The smallest absolute Gasteiger partial charge is 0.416 e. The number of pyridine rings is 1. The zero-order valence-corrected chi connectivity index (χ0v) is 10.1. The van der Waals surface area contributed by atoms with E-state index in [-0.39, 0.29) is 23.9 Å². The Bertz CT molecular complexity index is 719. The fraction of sp³-hybridized carbons (Fsp3) is 0.231. The SMILES string of the molecule is O=C(O)CCn1ccc(=O)c2cc(C(F)(F)F)ccc21. The summed E-state index contributed by atoms with van der Waals surface area (Å²) in [5.41, 5.74) is -1.15. The summed E-state index contributed by atoms with van der Waals surface area (Å²) in [5.74, 6) is -1.02. The second kappa shape index (κ2) is 4.99. The van der Waals surface area contributed by atoms with Crippen LogP contribution >= 0.6 is 0 Å². The molecule has 7 heteroatoms. The fourth-order valence-electron chi connectivity index (χ4n) is 1.90. The monoisotopic (exact) mass is 285 g/mol. The minimum atomic E-state index is -4.53. The number of hydrogen-bond donors (Lipinski definition) is 1. The lowest BCUT2D eigenvalue weighted by molar-refractivity contribution is -0.138. The number of carbonyl (C=O) groups is 1. The van der Waals surface area contributed by atoms with Gasteiger partial charge in [-0.2, -0.15) is 13.2 Å². The number of fused-ring (bicyclic) bond motifs is 1. The highest BCUT2D eigenvalue weighted by Gasteiger charge is 2.30. The van der Waals surface area contributed by atoms with Gasteiger partial charge in [0.25, 0.3) is 0 Å². The zero-order valence-electron chi connectivity index (χ0n) is 10.1. The lowest BCUT2D eigenvalue weighted by atomic mass is 10.1. The third kappa shape index (κ3) is 2.81. The zero-order chi connectivity index (χ0) is 14.9. The Kier molecular flexibility index (Phi) is 3.52. The normalized spacial score (nSPS) is 11.8. The van der Waals surface area contributed by atoms with Crippen molar-refractivity contribution >= 4 is 16.9 Å². The van der Waals surface area contributed by atoms with Crippen LogP contribution in [0.4, 0.5) is 13.2 Å². The fourth-order valence-corrected chi connectivity index (χ4v) is 1.90. The van der Waals surface area contributed by atoms with Crippen LogP contribution in [-0.4, -0.2) is 15.6 Å². The van der Waals surface area contributed by atoms with E-state index in [9.17, 15) is 22.8 Å². The van der Waals surface area contributed by atoms with Gasteiger partial charge in [-0.1, -0.05) is 0 Å². The van der Waals surface area contributed by atoms with Crippen LogP contribution in [0.1, 0.15) is 12.0 Å². The molecule has 0 spiro atoms. The number of aromatic nitrogens is 1. The standard InChI is InChI=1S/C13H10F3NO3/c14-13(15,16)8-1-2-10-9(7-8)11(18)3-5-17(10)6-4-12(19)20/h1-3,5,7H,4,6H2,(H,19,20). The first-order chi connectivity index (χ1) is 9.29. The van der Waals surface area contributed by atoms with E-state index in [1.165, 1.54) is 16.8 Å². The Hall–Kier alpha value is -2.31. The highest BCUT2D eigenvalue weighted by molar-refractivity contribution is 5.80. The molecule has 2 aromatic rings. The predicted molar refractivity (Wildman–Crippen MR) is 65.5 cm³/mol. The van der Waals surface area contributed by atoms with Crippen molar-refractivity contribution < 1.29 is 23.1 Å². The third-order valence-corrected chi connectivity index (χ3v) is 2.87. The predicted octanol–water partition coefficient (Wildman–Crippen LogP) is 2.50. The van der Waals surface area contributed by atoms with Gasteiger partial charge in [-0.3, -0.25) is 9.59 Å². The van der Waals surface area contributed by atoms with Gasteiger partial charge >= 0.3 is 12.1 Å². The number of hydrogen-bond acceptors (Lipinski definition) is 2. The maximum Gasteiger partial charge on any atom is 0.416 e. The lowest BCUT2D eigenvalue weighted by Gasteiger charge is -2.12. The van der Waals surface area contributed by atoms with Crippen molar-refractivity contribution in [1.82, 2.24) is 4.57 Å². The summed E-state index contributed by atoms with van der Waals surface area (Å²) < 4.78 is 39.3. The Balaban J connectivity index is 2.56. The van der Waals surface area contributed by atoms with Gasteiger partial charge in [0.05, 0.1) is 17.5 Å². The molecule has 0 amide bonds. The van der Waals surface area contributed by atoms with Crippen LogP contribution in [0.5, 0.6) is 0 Å². The van der Waals surface area contributed by atoms with Crippen LogP contribution in [0.15, 0.2) is 35.3 Å². The first-order valence-corrected chi connectivity index (χ1v) is 5.71. The number of carboxylic acids is 1. The maximum absolute atomic E-state index is 12.6. The molecule has 2 rings (SSSR count). The summed E-state index contributed by atoms with van der Waals surface area (Å²) in [6.07, 6.45) is -3.33. The Morgan fingerprint density at radius 1 is 1.25 bits per heavy atom. The Labute approximate surface area is 111 Å². The first-order valence-electron chi connectivity index (χ1n) is 5.71. The second-order valence-corrected chi connectivity index (χ2v) is 4.25. The van der Waals surface area contributed by atoms with E-state index in [4.69, 9.17) is 5.11 Å².